The lowest BCUT2D eigenvalue weighted by Crippen LogP contribution is -2.13. The van der Waals surface area contributed by atoms with Gasteiger partial charge in [-0.05, 0) is 30.9 Å². The van der Waals surface area contributed by atoms with Gasteiger partial charge in [-0.3, -0.25) is 0 Å². The van der Waals surface area contributed by atoms with Crippen LogP contribution < -0.4 is 9.47 Å². The zero-order valence-corrected chi connectivity index (χ0v) is 21.3. The molecule has 0 radical (unpaired) electrons. The third-order valence-electron chi connectivity index (χ3n) is 5.61. The molecule has 0 aliphatic rings. The van der Waals surface area contributed by atoms with Gasteiger partial charge in [0.1, 0.15) is 24.7 Å². The summed E-state index contributed by atoms with van der Waals surface area (Å²) in [7, 11) is 0. The van der Waals surface area contributed by atoms with Crippen LogP contribution in [0.1, 0.15) is 52.0 Å². The van der Waals surface area contributed by atoms with Gasteiger partial charge in [-0.1, -0.05) is 94.3 Å². The summed E-state index contributed by atoms with van der Waals surface area (Å²) in [5.41, 5.74) is 1.05. The number of allylic oxidation sites excluding steroid dienone is 2. The molecule has 0 aliphatic carbocycles. The molecule has 0 N–H and O–H groups in total. The molecular weight excluding hydrogens is 456 g/mol. The fourth-order valence-corrected chi connectivity index (χ4v) is 3.75. The largest absolute Gasteiger partial charge is 0.514 e. The number of benzene rings is 3. The molecule has 0 saturated carbocycles. The maximum atomic E-state index is 12.6. The molecule has 0 heterocycles. The second kappa shape index (κ2) is 13.9. The highest BCUT2D eigenvalue weighted by atomic mass is 16.7. The first-order chi connectivity index (χ1) is 17.6. The predicted octanol–water partition coefficient (Wildman–Crippen LogP) is 8.30. The van der Waals surface area contributed by atoms with Crippen molar-refractivity contribution in [1.29, 1.82) is 0 Å². The van der Waals surface area contributed by atoms with E-state index in [1.165, 1.54) is 0 Å². The summed E-state index contributed by atoms with van der Waals surface area (Å²) in [5.74, 6) is 0.718. The number of aryl methyl sites for hydroxylation is 1. The van der Waals surface area contributed by atoms with Gasteiger partial charge in [0.15, 0.2) is 0 Å². The van der Waals surface area contributed by atoms with E-state index in [9.17, 15) is 9.59 Å². The molecule has 36 heavy (non-hydrogen) atoms. The molecule has 3 aromatic carbocycles. The van der Waals surface area contributed by atoms with Crippen LogP contribution in [0.25, 0.3) is 21.5 Å². The summed E-state index contributed by atoms with van der Waals surface area (Å²) in [6.07, 6.45) is 10.6. The molecule has 0 spiro atoms. The second-order valence-electron chi connectivity index (χ2n) is 8.28. The summed E-state index contributed by atoms with van der Waals surface area (Å²) >= 11 is 0. The first-order valence-electron chi connectivity index (χ1n) is 12.6. The van der Waals surface area contributed by atoms with E-state index in [-0.39, 0.29) is 13.2 Å². The number of rotatable bonds is 11. The highest BCUT2D eigenvalue weighted by Gasteiger charge is 2.21. The van der Waals surface area contributed by atoms with Gasteiger partial charge in [0, 0.05) is 21.5 Å². The van der Waals surface area contributed by atoms with Gasteiger partial charge in [-0.2, -0.15) is 0 Å². The van der Waals surface area contributed by atoms with E-state index in [1.54, 1.807) is 12.2 Å². The molecule has 0 aliphatic heterocycles. The standard InChI is InChI=1S/C30H34O6/c1-4-7-9-13-19-33-29(31)35-27-23-15-11-12-16-24(23)28(26-21-22(6-3)17-18-25(26)27)36-30(32)34-20-14-10-8-5-2/h9-18,21H,4-8,19-20H2,1-3H3/b13-9+,14-10+. The Morgan fingerprint density at radius 1 is 0.667 bits per heavy atom. The van der Waals surface area contributed by atoms with E-state index in [0.29, 0.717) is 33.0 Å². The first-order valence-corrected chi connectivity index (χ1v) is 12.6. The van der Waals surface area contributed by atoms with Crippen molar-refractivity contribution in [3.63, 3.8) is 0 Å². The van der Waals surface area contributed by atoms with E-state index < -0.39 is 12.3 Å². The van der Waals surface area contributed by atoms with Gasteiger partial charge in [0.2, 0.25) is 0 Å². The normalized spacial score (nSPS) is 11.4. The lowest BCUT2D eigenvalue weighted by Gasteiger charge is -2.16. The van der Waals surface area contributed by atoms with Crippen LogP contribution in [0.3, 0.4) is 0 Å². The third kappa shape index (κ3) is 7.11. The lowest BCUT2D eigenvalue weighted by atomic mass is 9.98. The van der Waals surface area contributed by atoms with Gasteiger partial charge >= 0.3 is 12.3 Å². The van der Waals surface area contributed by atoms with Crippen LogP contribution in [-0.4, -0.2) is 25.5 Å². The van der Waals surface area contributed by atoms with Gasteiger partial charge in [-0.15, -0.1) is 0 Å². The zero-order valence-electron chi connectivity index (χ0n) is 21.3. The molecule has 6 heteroatoms. The van der Waals surface area contributed by atoms with Crippen LogP contribution in [-0.2, 0) is 15.9 Å². The summed E-state index contributed by atoms with van der Waals surface area (Å²) in [6, 6.07) is 13.1. The van der Waals surface area contributed by atoms with Crippen LogP contribution in [0.15, 0.2) is 66.8 Å². The van der Waals surface area contributed by atoms with Crippen LogP contribution in [0, 0.1) is 0 Å². The predicted molar refractivity (Wildman–Crippen MR) is 143 cm³/mol. The maximum absolute atomic E-state index is 12.6. The van der Waals surface area contributed by atoms with Gasteiger partial charge in [0.25, 0.3) is 0 Å². The van der Waals surface area contributed by atoms with Gasteiger partial charge in [0.05, 0.1) is 0 Å². The second-order valence-corrected chi connectivity index (χ2v) is 8.28. The zero-order chi connectivity index (χ0) is 25.8. The average molecular weight is 491 g/mol. The molecule has 190 valence electrons. The molecule has 0 amide bonds. The van der Waals surface area contributed by atoms with E-state index in [1.807, 2.05) is 61.5 Å². The highest BCUT2D eigenvalue weighted by Crippen LogP contribution is 2.43. The maximum Gasteiger partial charge on any atom is 0.514 e. The first kappa shape index (κ1) is 26.8. The minimum absolute atomic E-state index is 0.133. The molecule has 0 unspecified atom stereocenters. The topological polar surface area (TPSA) is 71.1 Å². The monoisotopic (exact) mass is 490 g/mol. The highest BCUT2D eigenvalue weighted by molar-refractivity contribution is 6.12. The number of ether oxygens (including phenoxy) is 4. The van der Waals surface area contributed by atoms with Crippen molar-refractivity contribution in [2.45, 2.75) is 52.9 Å². The number of fused-ring (bicyclic) bond motifs is 2. The van der Waals surface area contributed by atoms with Crippen molar-refractivity contribution >= 4 is 33.9 Å². The third-order valence-corrected chi connectivity index (χ3v) is 5.61. The summed E-state index contributed by atoms with van der Waals surface area (Å²) in [4.78, 5) is 25.1. The molecule has 0 aromatic heterocycles. The molecular formula is C30H34O6. The van der Waals surface area contributed by atoms with Crippen molar-refractivity contribution in [1.82, 2.24) is 0 Å². The molecule has 0 saturated heterocycles. The summed E-state index contributed by atoms with van der Waals surface area (Å²) < 4.78 is 21.9. The Balaban J connectivity index is 1.97. The fraction of sp³-hybridized carbons (Fsp3) is 0.333. The van der Waals surface area contributed by atoms with Crippen LogP contribution in [0.5, 0.6) is 11.5 Å². The van der Waals surface area contributed by atoms with Crippen molar-refractivity contribution in [3.05, 3.63) is 72.3 Å². The van der Waals surface area contributed by atoms with Crippen molar-refractivity contribution in [2.75, 3.05) is 13.2 Å². The molecule has 3 aromatic rings. The van der Waals surface area contributed by atoms with E-state index in [2.05, 4.69) is 13.8 Å². The molecule has 0 fully saturated rings. The molecule has 0 bridgehead atoms. The minimum atomic E-state index is -0.797. The Hall–Kier alpha value is -3.80. The van der Waals surface area contributed by atoms with Crippen molar-refractivity contribution < 1.29 is 28.5 Å². The van der Waals surface area contributed by atoms with E-state index in [4.69, 9.17) is 18.9 Å². The summed E-state index contributed by atoms with van der Waals surface area (Å²) in [5, 5.41) is 2.54. The number of hydrogen-bond donors (Lipinski definition) is 0. The summed E-state index contributed by atoms with van der Waals surface area (Å²) in [6.45, 7) is 6.47. The average Bonchev–Trinajstić information content (AvgIpc) is 2.90. The molecule has 6 nitrogen and oxygen atoms in total. The van der Waals surface area contributed by atoms with Crippen LogP contribution >= 0.6 is 0 Å². The van der Waals surface area contributed by atoms with E-state index in [0.717, 1.165) is 37.7 Å². The Bertz CT molecular complexity index is 1240. The number of unbranched alkanes of at least 4 members (excludes halogenated alkanes) is 2. The van der Waals surface area contributed by atoms with Crippen molar-refractivity contribution in [3.8, 4) is 11.5 Å². The number of hydrogen-bond acceptors (Lipinski definition) is 6. The SMILES string of the molecule is CCC/C=C/COC(=O)Oc1c2ccccc2c(OC(=O)OC/C=C/CCC)c2cc(CC)ccc12. The smallest absolute Gasteiger partial charge is 0.430 e. The lowest BCUT2D eigenvalue weighted by molar-refractivity contribution is 0.109. The van der Waals surface area contributed by atoms with Crippen molar-refractivity contribution in [2.24, 2.45) is 0 Å². The number of carbonyl (C=O) groups excluding carboxylic acids is 2. The molecule has 0 atom stereocenters. The fourth-order valence-electron chi connectivity index (χ4n) is 3.75. The van der Waals surface area contributed by atoms with Gasteiger partial charge < -0.3 is 18.9 Å². The Morgan fingerprint density at radius 2 is 1.17 bits per heavy atom. The minimum Gasteiger partial charge on any atom is -0.430 e. The number of carbonyl (C=O) groups is 2. The van der Waals surface area contributed by atoms with Crippen LogP contribution in [0.4, 0.5) is 9.59 Å². The molecule has 3 rings (SSSR count). The Kier molecular flexibility index (Phi) is 10.4. The van der Waals surface area contributed by atoms with E-state index >= 15 is 0 Å². The Labute approximate surface area is 212 Å². The van der Waals surface area contributed by atoms with Crippen LogP contribution in [0.2, 0.25) is 0 Å². The van der Waals surface area contributed by atoms with Gasteiger partial charge in [-0.25, -0.2) is 9.59 Å². The quantitative estimate of drug-likeness (QED) is 0.116. The Morgan fingerprint density at radius 3 is 1.67 bits per heavy atom.